The number of benzene rings is 1. The van der Waals surface area contributed by atoms with E-state index in [4.69, 9.17) is 0 Å². The molecule has 1 aromatic heterocycles. The highest BCUT2D eigenvalue weighted by Gasteiger charge is 2.21. The van der Waals surface area contributed by atoms with Gasteiger partial charge in [0.1, 0.15) is 6.33 Å². The van der Waals surface area contributed by atoms with Crippen LogP contribution in [0.3, 0.4) is 0 Å². The van der Waals surface area contributed by atoms with Crippen molar-refractivity contribution in [1.82, 2.24) is 19.8 Å². The van der Waals surface area contributed by atoms with Crippen LogP contribution >= 0.6 is 31.9 Å². The summed E-state index contributed by atoms with van der Waals surface area (Å²) in [4.78, 5) is 24.7. The van der Waals surface area contributed by atoms with Crippen LogP contribution in [0.2, 0.25) is 0 Å². The second kappa shape index (κ2) is 8.18. The summed E-state index contributed by atoms with van der Waals surface area (Å²) in [5.74, 6) is 0.139. The van der Waals surface area contributed by atoms with Crippen LogP contribution in [-0.2, 0) is 17.8 Å². The molecule has 1 amide bonds. The highest BCUT2D eigenvalue weighted by molar-refractivity contribution is 9.13. The zero-order chi connectivity index (χ0) is 16.9. The van der Waals surface area contributed by atoms with Crippen molar-refractivity contribution in [3.63, 3.8) is 0 Å². The lowest BCUT2D eigenvalue weighted by molar-refractivity contribution is -0.132. The van der Waals surface area contributed by atoms with E-state index in [-0.39, 0.29) is 5.91 Å². The van der Waals surface area contributed by atoms with Crippen LogP contribution in [-0.4, -0.2) is 51.9 Å². The first kappa shape index (κ1) is 17.5. The largest absolute Gasteiger partial charge is 0.340 e. The Bertz CT molecular complexity index is 703. The molecule has 3 rings (SSSR count). The Labute approximate surface area is 158 Å². The monoisotopic (exact) mass is 452 g/mol. The normalized spacial score (nSPS) is 15.5. The Kier molecular flexibility index (Phi) is 5.97. The molecular formula is C17H18Br2N4O. The van der Waals surface area contributed by atoms with Crippen LogP contribution < -0.4 is 0 Å². The number of carbonyl (C=O) groups excluding carboxylic acids is 1. The number of amides is 1. The number of carbonyl (C=O) groups is 1. The molecule has 1 aromatic carbocycles. The van der Waals surface area contributed by atoms with E-state index in [0.717, 1.165) is 47.4 Å². The van der Waals surface area contributed by atoms with Gasteiger partial charge in [-0.3, -0.25) is 9.69 Å². The van der Waals surface area contributed by atoms with Gasteiger partial charge >= 0.3 is 0 Å². The molecule has 1 saturated heterocycles. The molecule has 7 heteroatoms. The van der Waals surface area contributed by atoms with E-state index < -0.39 is 0 Å². The van der Waals surface area contributed by atoms with E-state index >= 15 is 0 Å². The molecule has 126 valence electrons. The minimum Gasteiger partial charge on any atom is -0.340 e. The number of hydrogen-bond acceptors (Lipinski definition) is 4. The van der Waals surface area contributed by atoms with Crippen molar-refractivity contribution in [2.45, 2.75) is 13.0 Å². The van der Waals surface area contributed by atoms with Crippen LogP contribution in [0, 0.1) is 0 Å². The lowest BCUT2D eigenvalue weighted by Crippen LogP contribution is -2.48. The Balaban J connectivity index is 1.50. The lowest BCUT2D eigenvalue weighted by Gasteiger charge is -2.34. The topological polar surface area (TPSA) is 49.3 Å². The summed E-state index contributed by atoms with van der Waals surface area (Å²) in [5.41, 5.74) is 2.04. The lowest BCUT2D eigenvalue weighted by atomic mass is 10.2. The molecule has 24 heavy (non-hydrogen) atoms. The molecule has 0 unspecified atom stereocenters. The van der Waals surface area contributed by atoms with Crippen molar-refractivity contribution in [3.05, 3.63) is 57.0 Å². The van der Waals surface area contributed by atoms with Crippen molar-refractivity contribution in [2.75, 3.05) is 26.2 Å². The Morgan fingerprint density at radius 2 is 1.88 bits per heavy atom. The van der Waals surface area contributed by atoms with E-state index in [1.165, 1.54) is 11.9 Å². The summed E-state index contributed by atoms with van der Waals surface area (Å²) in [5, 5.41) is 0. The maximum atomic E-state index is 12.4. The van der Waals surface area contributed by atoms with E-state index in [0.29, 0.717) is 6.42 Å². The minimum absolute atomic E-state index is 0.139. The van der Waals surface area contributed by atoms with E-state index in [2.05, 4.69) is 64.9 Å². The number of piperazine rings is 1. The van der Waals surface area contributed by atoms with E-state index in [9.17, 15) is 4.79 Å². The van der Waals surface area contributed by atoms with Gasteiger partial charge in [-0.05, 0) is 55.6 Å². The number of halogens is 2. The maximum Gasteiger partial charge on any atom is 0.228 e. The predicted molar refractivity (Wildman–Crippen MR) is 99.4 cm³/mol. The van der Waals surface area contributed by atoms with Crippen molar-refractivity contribution >= 4 is 37.8 Å². The molecule has 0 aliphatic carbocycles. The van der Waals surface area contributed by atoms with Gasteiger partial charge in [0.25, 0.3) is 0 Å². The van der Waals surface area contributed by atoms with Gasteiger partial charge < -0.3 is 4.90 Å². The summed E-state index contributed by atoms with van der Waals surface area (Å²) in [6, 6.07) is 8.11. The Hall–Kier alpha value is -1.31. The standard InChI is InChI=1S/C17H18Br2N4O/c18-15-2-1-13(9-16(15)19)11-22-5-7-23(8-6-22)17(24)10-14-3-4-20-12-21-14/h1-4,9,12H,5-8,10-11H2. The predicted octanol–water partition coefficient (Wildman–Crippen LogP) is 2.89. The number of rotatable bonds is 4. The van der Waals surface area contributed by atoms with Crippen LogP contribution in [0.1, 0.15) is 11.3 Å². The van der Waals surface area contributed by atoms with Gasteiger partial charge in [-0.25, -0.2) is 9.97 Å². The molecule has 5 nitrogen and oxygen atoms in total. The molecule has 0 N–H and O–H groups in total. The fraction of sp³-hybridized carbons (Fsp3) is 0.353. The molecule has 0 atom stereocenters. The minimum atomic E-state index is 0.139. The Morgan fingerprint density at radius 1 is 1.08 bits per heavy atom. The average Bonchev–Trinajstić information content (AvgIpc) is 2.60. The van der Waals surface area contributed by atoms with Gasteiger partial charge in [-0.15, -0.1) is 0 Å². The summed E-state index contributed by atoms with van der Waals surface area (Å²) in [7, 11) is 0. The molecule has 1 fully saturated rings. The molecule has 0 radical (unpaired) electrons. The Morgan fingerprint density at radius 3 is 2.54 bits per heavy atom. The van der Waals surface area contributed by atoms with E-state index in [1.807, 2.05) is 4.90 Å². The first-order chi connectivity index (χ1) is 11.6. The fourth-order valence-electron chi connectivity index (χ4n) is 2.74. The van der Waals surface area contributed by atoms with Gasteiger partial charge in [0.05, 0.1) is 12.1 Å². The summed E-state index contributed by atoms with van der Waals surface area (Å²) < 4.78 is 2.13. The van der Waals surface area contributed by atoms with Crippen LogP contribution in [0.25, 0.3) is 0 Å². The molecule has 2 heterocycles. The zero-order valence-electron chi connectivity index (χ0n) is 13.2. The second-order valence-electron chi connectivity index (χ2n) is 5.78. The third kappa shape index (κ3) is 4.62. The van der Waals surface area contributed by atoms with Crippen molar-refractivity contribution in [2.24, 2.45) is 0 Å². The molecule has 1 aliphatic rings. The van der Waals surface area contributed by atoms with E-state index in [1.54, 1.807) is 12.3 Å². The van der Waals surface area contributed by atoms with Crippen molar-refractivity contribution in [1.29, 1.82) is 0 Å². The van der Waals surface area contributed by atoms with Gasteiger partial charge in [0, 0.05) is 47.9 Å². The van der Waals surface area contributed by atoms with Gasteiger partial charge in [-0.2, -0.15) is 0 Å². The van der Waals surface area contributed by atoms with Gasteiger partial charge in [0.15, 0.2) is 0 Å². The maximum absolute atomic E-state index is 12.4. The highest BCUT2D eigenvalue weighted by Crippen LogP contribution is 2.24. The molecule has 0 bridgehead atoms. The van der Waals surface area contributed by atoms with Crippen LogP contribution in [0.4, 0.5) is 0 Å². The second-order valence-corrected chi connectivity index (χ2v) is 7.49. The number of aromatic nitrogens is 2. The molecular weight excluding hydrogens is 436 g/mol. The third-order valence-corrected chi connectivity index (χ3v) is 5.97. The van der Waals surface area contributed by atoms with Crippen molar-refractivity contribution in [3.8, 4) is 0 Å². The smallest absolute Gasteiger partial charge is 0.228 e. The van der Waals surface area contributed by atoms with Crippen molar-refractivity contribution < 1.29 is 4.79 Å². The first-order valence-corrected chi connectivity index (χ1v) is 9.39. The fourth-order valence-corrected chi connectivity index (χ4v) is 3.41. The first-order valence-electron chi connectivity index (χ1n) is 7.81. The van der Waals surface area contributed by atoms with Gasteiger partial charge in [-0.1, -0.05) is 6.07 Å². The van der Waals surface area contributed by atoms with Crippen LogP contribution in [0.15, 0.2) is 45.7 Å². The third-order valence-electron chi connectivity index (χ3n) is 4.09. The molecule has 1 aliphatic heterocycles. The molecule has 0 spiro atoms. The molecule has 0 saturated carbocycles. The summed E-state index contributed by atoms with van der Waals surface area (Å²) in [6.45, 7) is 4.22. The summed E-state index contributed by atoms with van der Waals surface area (Å²) >= 11 is 7.03. The van der Waals surface area contributed by atoms with Crippen LogP contribution in [0.5, 0.6) is 0 Å². The average molecular weight is 454 g/mol. The van der Waals surface area contributed by atoms with Gasteiger partial charge in [0.2, 0.25) is 5.91 Å². The molecule has 2 aromatic rings. The number of nitrogens with zero attached hydrogens (tertiary/aromatic N) is 4. The zero-order valence-corrected chi connectivity index (χ0v) is 16.3. The number of hydrogen-bond donors (Lipinski definition) is 0. The SMILES string of the molecule is O=C(Cc1ccncn1)N1CCN(Cc2ccc(Br)c(Br)c2)CC1. The highest BCUT2D eigenvalue weighted by atomic mass is 79.9. The summed E-state index contributed by atoms with van der Waals surface area (Å²) in [6.07, 6.45) is 3.50. The quantitative estimate of drug-likeness (QED) is 0.714.